The molecule has 2 N–H and O–H groups in total. The Morgan fingerprint density at radius 2 is 2.06 bits per heavy atom. The van der Waals surface area contributed by atoms with E-state index in [1.54, 1.807) is 0 Å². The average molecular weight is 254 g/mol. The first-order chi connectivity index (χ1) is 8.37. The minimum Gasteiger partial charge on any atom is -0.338 e. The van der Waals surface area contributed by atoms with E-state index in [9.17, 15) is 4.79 Å². The molecule has 18 heavy (non-hydrogen) atoms. The predicted molar refractivity (Wildman–Crippen MR) is 76.3 cm³/mol. The number of nitrogens with two attached hydrogens (primary N) is 1. The van der Waals surface area contributed by atoms with Crippen LogP contribution in [-0.2, 0) is 4.79 Å². The molecule has 0 bridgehead atoms. The van der Waals surface area contributed by atoms with Crippen LogP contribution >= 0.6 is 0 Å². The quantitative estimate of drug-likeness (QED) is 0.838. The highest BCUT2D eigenvalue weighted by Crippen LogP contribution is 2.27. The lowest BCUT2D eigenvalue weighted by Gasteiger charge is -2.39. The lowest BCUT2D eigenvalue weighted by atomic mass is 9.87. The largest absolute Gasteiger partial charge is 0.338 e. The molecule has 2 atom stereocenters. The Kier molecular flexibility index (Phi) is 5.64. The normalized spacial score (nSPS) is 25.3. The molecular weight excluding hydrogens is 224 g/mol. The molecule has 2 unspecified atom stereocenters. The molecule has 0 spiro atoms. The van der Waals surface area contributed by atoms with Gasteiger partial charge in [-0.1, -0.05) is 34.1 Å². The first-order valence-corrected chi connectivity index (χ1v) is 7.37. The van der Waals surface area contributed by atoms with Crippen LogP contribution in [0, 0.1) is 11.3 Å². The maximum Gasteiger partial charge on any atom is 0.222 e. The van der Waals surface area contributed by atoms with Crippen LogP contribution in [-0.4, -0.2) is 29.9 Å². The lowest BCUT2D eigenvalue weighted by molar-refractivity contribution is -0.136. The van der Waals surface area contributed by atoms with Gasteiger partial charge < -0.3 is 10.6 Å². The van der Waals surface area contributed by atoms with Gasteiger partial charge in [0.25, 0.3) is 0 Å². The molecule has 0 aromatic carbocycles. The Morgan fingerprint density at radius 3 is 2.56 bits per heavy atom. The molecule has 1 fully saturated rings. The molecule has 1 aliphatic heterocycles. The Balaban J connectivity index is 2.51. The van der Waals surface area contributed by atoms with Gasteiger partial charge in [-0.15, -0.1) is 0 Å². The van der Waals surface area contributed by atoms with E-state index in [1.165, 1.54) is 6.42 Å². The van der Waals surface area contributed by atoms with E-state index in [1.807, 2.05) is 4.90 Å². The van der Waals surface area contributed by atoms with Gasteiger partial charge >= 0.3 is 0 Å². The lowest BCUT2D eigenvalue weighted by Crippen LogP contribution is -2.49. The van der Waals surface area contributed by atoms with E-state index in [-0.39, 0.29) is 11.5 Å². The molecule has 0 aliphatic carbocycles. The Hall–Kier alpha value is -0.570. The van der Waals surface area contributed by atoms with Crippen molar-refractivity contribution in [2.45, 2.75) is 65.8 Å². The zero-order chi connectivity index (χ0) is 13.8. The first kappa shape index (κ1) is 15.5. The summed E-state index contributed by atoms with van der Waals surface area (Å²) in [4.78, 5) is 14.3. The van der Waals surface area contributed by atoms with E-state index in [0.717, 1.165) is 31.7 Å². The van der Waals surface area contributed by atoms with E-state index >= 15 is 0 Å². The van der Waals surface area contributed by atoms with Crippen LogP contribution in [0.3, 0.4) is 0 Å². The summed E-state index contributed by atoms with van der Waals surface area (Å²) < 4.78 is 0. The van der Waals surface area contributed by atoms with Gasteiger partial charge in [0.15, 0.2) is 0 Å². The molecule has 3 heteroatoms. The number of hydrogen-bond acceptors (Lipinski definition) is 2. The molecule has 106 valence electrons. The van der Waals surface area contributed by atoms with Crippen molar-refractivity contribution in [3.63, 3.8) is 0 Å². The summed E-state index contributed by atoms with van der Waals surface area (Å²) in [7, 11) is 0. The maximum absolute atomic E-state index is 12.3. The Labute approximate surface area is 112 Å². The number of nitrogens with zero attached hydrogens (tertiary/aromatic N) is 1. The van der Waals surface area contributed by atoms with E-state index < -0.39 is 0 Å². The van der Waals surface area contributed by atoms with Crippen LogP contribution < -0.4 is 5.73 Å². The van der Waals surface area contributed by atoms with Gasteiger partial charge in [0.1, 0.15) is 0 Å². The van der Waals surface area contributed by atoms with Crippen molar-refractivity contribution < 1.29 is 4.79 Å². The summed E-state index contributed by atoms with van der Waals surface area (Å²) in [6.07, 6.45) is 5.07. The number of carbonyl (C=O) groups is 1. The fraction of sp³-hybridized carbons (Fsp3) is 0.933. The van der Waals surface area contributed by atoms with Crippen molar-refractivity contribution in [3.8, 4) is 0 Å². The maximum atomic E-state index is 12.3. The molecule has 1 rings (SSSR count). The molecule has 0 radical (unpaired) electrons. The summed E-state index contributed by atoms with van der Waals surface area (Å²) in [5.41, 5.74) is 6.07. The van der Waals surface area contributed by atoms with Crippen molar-refractivity contribution in [2.24, 2.45) is 17.1 Å². The minimum absolute atomic E-state index is 0.232. The Bertz CT molecular complexity index is 270. The SMILES string of the molecule is CCC1CCN(C(=O)CCC(C)(C)C)C(CN)C1. The summed E-state index contributed by atoms with van der Waals surface area (Å²) in [6.45, 7) is 10.3. The molecule has 1 aliphatic rings. The predicted octanol–water partition coefficient (Wildman–Crippen LogP) is 2.79. The molecule has 1 saturated heterocycles. The van der Waals surface area contributed by atoms with Crippen LogP contribution in [0.1, 0.15) is 59.8 Å². The third kappa shape index (κ3) is 4.60. The van der Waals surface area contributed by atoms with Crippen molar-refractivity contribution in [3.05, 3.63) is 0 Å². The molecule has 3 nitrogen and oxygen atoms in total. The standard InChI is InChI=1S/C15H30N2O/c1-5-12-7-9-17(13(10-12)11-16)14(18)6-8-15(2,3)4/h12-13H,5-11,16H2,1-4H3. The summed E-state index contributed by atoms with van der Waals surface area (Å²) in [5.74, 6) is 1.06. The van der Waals surface area contributed by atoms with Gasteiger partial charge in [0.2, 0.25) is 5.91 Å². The molecular formula is C15H30N2O. The second-order valence-electron chi connectivity index (χ2n) is 6.84. The van der Waals surface area contributed by atoms with Crippen LogP contribution in [0.5, 0.6) is 0 Å². The van der Waals surface area contributed by atoms with Gasteiger partial charge in [-0.3, -0.25) is 4.79 Å². The van der Waals surface area contributed by atoms with E-state index in [4.69, 9.17) is 5.73 Å². The zero-order valence-electron chi connectivity index (χ0n) is 12.5. The van der Waals surface area contributed by atoms with E-state index in [2.05, 4.69) is 27.7 Å². The molecule has 1 heterocycles. The highest BCUT2D eigenvalue weighted by atomic mass is 16.2. The summed E-state index contributed by atoms with van der Waals surface area (Å²) in [6, 6.07) is 0.274. The number of amides is 1. The number of carbonyl (C=O) groups excluding carboxylic acids is 1. The molecule has 0 aromatic rings. The number of likely N-dealkylation sites (tertiary alicyclic amines) is 1. The smallest absolute Gasteiger partial charge is 0.222 e. The summed E-state index contributed by atoms with van der Waals surface area (Å²) in [5, 5.41) is 0. The van der Waals surface area contributed by atoms with Crippen LogP contribution in [0.2, 0.25) is 0 Å². The van der Waals surface area contributed by atoms with Gasteiger partial charge in [-0.25, -0.2) is 0 Å². The molecule has 0 aromatic heterocycles. The van der Waals surface area contributed by atoms with Crippen molar-refractivity contribution >= 4 is 5.91 Å². The fourth-order valence-corrected chi connectivity index (χ4v) is 2.68. The van der Waals surface area contributed by atoms with Gasteiger partial charge in [0, 0.05) is 25.6 Å². The van der Waals surface area contributed by atoms with E-state index in [0.29, 0.717) is 18.9 Å². The summed E-state index contributed by atoms with van der Waals surface area (Å²) >= 11 is 0. The van der Waals surface area contributed by atoms with Crippen molar-refractivity contribution in [2.75, 3.05) is 13.1 Å². The monoisotopic (exact) mass is 254 g/mol. The number of piperidine rings is 1. The molecule has 1 amide bonds. The van der Waals surface area contributed by atoms with Crippen molar-refractivity contribution in [1.82, 2.24) is 4.90 Å². The van der Waals surface area contributed by atoms with Crippen molar-refractivity contribution in [1.29, 1.82) is 0 Å². The number of hydrogen-bond donors (Lipinski definition) is 1. The highest BCUT2D eigenvalue weighted by Gasteiger charge is 2.30. The van der Waals surface area contributed by atoms with Crippen LogP contribution in [0.25, 0.3) is 0 Å². The number of rotatable bonds is 4. The van der Waals surface area contributed by atoms with Gasteiger partial charge in [-0.2, -0.15) is 0 Å². The molecule has 0 saturated carbocycles. The Morgan fingerprint density at radius 1 is 1.39 bits per heavy atom. The highest BCUT2D eigenvalue weighted by molar-refractivity contribution is 5.76. The third-order valence-electron chi connectivity index (χ3n) is 4.08. The van der Waals surface area contributed by atoms with Gasteiger partial charge in [-0.05, 0) is 30.6 Å². The third-order valence-corrected chi connectivity index (χ3v) is 4.08. The fourth-order valence-electron chi connectivity index (χ4n) is 2.68. The second-order valence-corrected chi connectivity index (χ2v) is 6.84. The second kappa shape index (κ2) is 6.55. The average Bonchev–Trinajstić information content (AvgIpc) is 2.34. The van der Waals surface area contributed by atoms with Gasteiger partial charge in [0.05, 0.1) is 0 Å². The first-order valence-electron chi connectivity index (χ1n) is 7.37. The van der Waals surface area contributed by atoms with Crippen LogP contribution in [0.4, 0.5) is 0 Å². The van der Waals surface area contributed by atoms with Crippen LogP contribution in [0.15, 0.2) is 0 Å². The zero-order valence-corrected chi connectivity index (χ0v) is 12.5. The minimum atomic E-state index is 0.232. The topological polar surface area (TPSA) is 46.3 Å².